The molecule has 24 heavy (non-hydrogen) atoms. The molecule has 136 valence electrons. The van der Waals surface area contributed by atoms with Crippen molar-refractivity contribution in [2.75, 3.05) is 7.11 Å². The van der Waals surface area contributed by atoms with Gasteiger partial charge in [0.2, 0.25) is 11.8 Å². The van der Waals surface area contributed by atoms with Crippen LogP contribution < -0.4 is 5.32 Å². The van der Waals surface area contributed by atoms with Crippen molar-refractivity contribution >= 4 is 11.8 Å². The van der Waals surface area contributed by atoms with Gasteiger partial charge in [-0.1, -0.05) is 13.8 Å². The summed E-state index contributed by atoms with van der Waals surface area (Å²) in [4.78, 5) is 25.4. The molecular formula is C19H32N2O3. The Balaban J connectivity index is 1.53. The lowest BCUT2D eigenvalue weighted by Crippen LogP contribution is -2.65. The van der Waals surface area contributed by atoms with Gasteiger partial charge in [-0.25, -0.2) is 0 Å². The Morgan fingerprint density at radius 1 is 1.08 bits per heavy atom. The van der Waals surface area contributed by atoms with Crippen LogP contribution in [0.25, 0.3) is 0 Å². The maximum atomic E-state index is 11.9. The third-order valence-corrected chi connectivity index (χ3v) is 6.97. The van der Waals surface area contributed by atoms with E-state index in [1.807, 2.05) is 7.11 Å². The quantitative estimate of drug-likeness (QED) is 0.758. The number of carbonyl (C=O) groups excluding carboxylic acids is 2. The predicted octanol–water partition coefficient (Wildman–Crippen LogP) is 2.63. The average Bonchev–Trinajstić information content (AvgIpc) is 2.92. The average molecular weight is 336 g/mol. The second kappa shape index (κ2) is 7.12. The summed E-state index contributed by atoms with van der Waals surface area (Å²) >= 11 is 0. The fraction of sp³-hybridized carbons (Fsp3) is 0.895. The van der Waals surface area contributed by atoms with Crippen LogP contribution in [0, 0.1) is 5.41 Å². The number of imide groups is 1. The van der Waals surface area contributed by atoms with Gasteiger partial charge in [-0.2, -0.15) is 0 Å². The van der Waals surface area contributed by atoms with Crippen molar-refractivity contribution in [2.24, 2.45) is 5.41 Å². The van der Waals surface area contributed by atoms with Gasteiger partial charge < -0.3 is 10.1 Å². The predicted molar refractivity (Wildman–Crippen MR) is 92.5 cm³/mol. The first-order valence-corrected chi connectivity index (χ1v) is 9.69. The van der Waals surface area contributed by atoms with E-state index >= 15 is 0 Å². The molecule has 2 aliphatic carbocycles. The van der Waals surface area contributed by atoms with Crippen molar-refractivity contribution in [3.63, 3.8) is 0 Å². The minimum absolute atomic E-state index is 0.0364. The Labute approximate surface area is 145 Å². The second-order valence-corrected chi connectivity index (χ2v) is 7.78. The van der Waals surface area contributed by atoms with Crippen LogP contribution in [-0.4, -0.2) is 48.1 Å². The Hall–Kier alpha value is -0.940. The highest BCUT2D eigenvalue weighted by Gasteiger charge is 2.53. The largest absolute Gasteiger partial charge is 0.381 e. The van der Waals surface area contributed by atoms with E-state index in [2.05, 4.69) is 19.2 Å². The number of amides is 2. The fourth-order valence-corrected chi connectivity index (χ4v) is 5.30. The second-order valence-electron chi connectivity index (χ2n) is 7.78. The van der Waals surface area contributed by atoms with E-state index in [4.69, 9.17) is 4.74 Å². The molecule has 0 aromatic rings. The van der Waals surface area contributed by atoms with Crippen LogP contribution in [0.15, 0.2) is 0 Å². The van der Waals surface area contributed by atoms with E-state index in [0.29, 0.717) is 31.0 Å². The Bertz CT molecular complexity index is 465. The number of rotatable bonds is 6. The minimum Gasteiger partial charge on any atom is -0.381 e. The van der Waals surface area contributed by atoms with E-state index in [9.17, 15) is 9.59 Å². The van der Waals surface area contributed by atoms with Crippen molar-refractivity contribution < 1.29 is 14.3 Å². The van der Waals surface area contributed by atoms with Crippen LogP contribution >= 0.6 is 0 Å². The molecule has 0 unspecified atom stereocenters. The van der Waals surface area contributed by atoms with Gasteiger partial charge in [0, 0.05) is 43.5 Å². The lowest BCUT2D eigenvalue weighted by atomic mass is 9.58. The maximum Gasteiger partial charge on any atom is 0.229 e. The van der Waals surface area contributed by atoms with Crippen molar-refractivity contribution in [1.29, 1.82) is 0 Å². The highest BCUT2D eigenvalue weighted by atomic mass is 16.5. The van der Waals surface area contributed by atoms with Gasteiger partial charge >= 0.3 is 0 Å². The van der Waals surface area contributed by atoms with Gasteiger partial charge in [-0.15, -0.1) is 0 Å². The first kappa shape index (κ1) is 17.9. The smallest absolute Gasteiger partial charge is 0.229 e. The zero-order valence-corrected chi connectivity index (χ0v) is 15.3. The van der Waals surface area contributed by atoms with Gasteiger partial charge in [0.15, 0.2) is 0 Å². The number of nitrogens with one attached hydrogen (secondary N) is 1. The van der Waals surface area contributed by atoms with Gasteiger partial charge in [-0.3, -0.25) is 14.5 Å². The molecule has 1 N–H and O–H groups in total. The van der Waals surface area contributed by atoms with Crippen LogP contribution in [0.2, 0.25) is 0 Å². The van der Waals surface area contributed by atoms with Crippen LogP contribution in [0.5, 0.6) is 0 Å². The topological polar surface area (TPSA) is 58.6 Å². The van der Waals surface area contributed by atoms with E-state index < -0.39 is 0 Å². The lowest BCUT2D eigenvalue weighted by Gasteiger charge is -2.56. The van der Waals surface area contributed by atoms with E-state index in [0.717, 1.165) is 44.9 Å². The fourth-order valence-electron chi connectivity index (χ4n) is 5.30. The molecule has 0 spiro atoms. The lowest BCUT2D eigenvalue weighted by molar-refractivity contribution is -0.142. The molecule has 2 saturated carbocycles. The SMILES string of the molecule is CCC1(CC)[C@@H](NC2CCC(N3C(=O)CCC3=O)CC2)C[C@H]1OC. The molecule has 5 heteroatoms. The van der Waals surface area contributed by atoms with Gasteiger partial charge in [-0.05, 0) is 44.9 Å². The molecular weight excluding hydrogens is 304 g/mol. The number of hydrogen-bond donors (Lipinski definition) is 1. The highest BCUT2D eigenvalue weighted by Crippen LogP contribution is 2.49. The molecule has 3 aliphatic rings. The number of methoxy groups -OCH3 is 1. The molecule has 3 rings (SSSR count). The monoisotopic (exact) mass is 336 g/mol. The third-order valence-electron chi connectivity index (χ3n) is 6.97. The van der Waals surface area contributed by atoms with Crippen LogP contribution in [-0.2, 0) is 14.3 Å². The molecule has 0 aromatic carbocycles. The zero-order valence-electron chi connectivity index (χ0n) is 15.3. The molecule has 0 bridgehead atoms. The zero-order chi connectivity index (χ0) is 17.3. The van der Waals surface area contributed by atoms with Crippen molar-refractivity contribution in [2.45, 2.75) is 95.9 Å². The Kier molecular flexibility index (Phi) is 5.30. The van der Waals surface area contributed by atoms with Gasteiger partial charge in [0.25, 0.3) is 0 Å². The molecule has 2 atom stereocenters. The van der Waals surface area contributed by atoms with E-state index in [1.165, 1.54) is 0 Å². The summed E-state index contributed by atoms with van der Waals surface area (Å²) in [5, 5.41) is 3.88. The summed E-state index contributed by atoms with van der Waals surface area (Å²) in [6, 6.07) is 1.18. The normalized spacial score (nSPS) is 36.0. The summed E-state index contributed by atoms with van der Waals surface area (Å²) in [5.41, 5.74) is 0.270. The summed E-state index contributed by atoms with van der Waals surface area (Å²) in [6.45, 7) is 4.54. The molecule has 1 aliphatic heterocycles. The molecule has 2 amide bonds. The standard InChI is InChI=1S/C19H32N2O3/c1-4-19(5-2)15(12-16(19)24-3)20-13-6-8-14(9-7-13)21-17(22)10-11-18(21)23/h13-16,20H,4-12H2,1-3H3/t13?,14?,15-,16+/m0/s1. The number of nitrogens with zero attached hydrogens (tertiary/aromatic N) is 1. The summed E-state index contributed by atoms with van der Waals surface area (Å²) < 4.78 is 5.69. The molecule has 3 fully saturated rings. The van der Waals surface area contributed by atoms with Crippen LogP contribution in [0.3, 0.4) is 0 Å². The summed E-state index contributed by atoms with van der Waals surface area (Å²) in [6.07, 6.45) is 8.58. The number of carbonyl (C=O) groups is 2. The highest BCUT2D eigenvalue weighted by molar-refractivity contribution is 6.02. The molecule has 5 nitrogen and oxygen atoms in total. The molecule has 0 aromatic heterocycles. The first-order valence-electron chi connectivity index (χ1n) is 9.69. The van der Waals surface area contributed by atoms with E-state index in [-0.39, 0.29) is 23.3 Å². The Morgan fingerprint density at radius 3 is 2.17 bits per heavy atom. The molecule has 1 heterocycles. The third kappa shape index (κ3) is 2.90. The maximum absolute atomic E-state index is 11.9. The van der Waals surface area contributed by atoms with Gasteiger partial charge in [0.1, 0.15) is 0 Å². The van der Waals surface area contributed by atoms with Crippen LogP contribution in [0.1, 0.15) is 71.6 Å². The van der Waals surface area contributed by atoms with E-state index in [1.54, 1.807) is 4.90 Å². The molecule has 0 radical (unpaired) electrons. The summed E-state index contributed by atoms with van der Waals surface area (Å²) in [7, 11) is 1.83. The minimum atomic E-state index is 0.0364. The number of hydrogen-bond acceptors (Lipinski definition) is 4. The summed E-state index contributed by atoms with van der Waals surface area (Å²) in [5.74, 6) is 0.0728. The van der Waals surface area contributed by atoms with Crippen LogP contribution in [0.4, 0.5) is 0 Å². The van der Waals surface area contributed by atoms with Gasteiger partial charge in [0.05, 0.1) is 6.10 Å². The first-order chi connectivity index (χ1) is 11.6. The van der Waals surface area contributed by atoms with Crippen molar-refractivity contribution in [3.05, 3.63) is 0 Å². The number of ether oxygens (including phenoxy) is 1. The van der Waals surface area contributed by atoms with Crippen molar-refractivity contribution in [3.8, 4) is 0 Å². The number of likely N-dealkylation sites (tertiary alicyclic amines) is 1. The Morgan fingerprint density at radius 2 is 1.67 bits per heavy atom. The molecule has 1 saturated heterocycles. The van der Waals surface area contributed by atoms with Crippen molar-refractivity contribution in [1.82, 2.24) is 10.2 Å².